The van der Waals surface area contributed by atoms with Crippen LogP contribution in [-0.2, 0) is 11.3 Å². The number of amides is 1. The van der Waals surface area contributed by atoms with Crippen LogP contribution in [-0.4, -0.2) is 22.0 Å². The number of furan rings is 1. The number of benzene rings is 1. The van der Waals surface area contributed by atoms with Crippen LogP contribution in [0.25, 0.3) is 22.9 Å². The van der Waals surface area contributed by atoms with Crippen molar-refractivity contribution in [2.75, 3.05) is 6.54 Å². The first-order chi connectivity index (χ1) is 13.1. The fourth-order valence-electron chi connectivity index (χ4n) is 3.05. The summed E-state index contributed by atoms with van der Waals surface area (Å²) in [6.45, 7) is 7.05. The molecule has 142 valence electrons. The van der Waals surface area contributed by atoms with Crippen molar-refractivity contribution in [1.82, 2.24) is 14.9 Å². The summed E-state index contributed by atoms with van der Waals surface area (Å²) in [5.41, 5.74) is 2.90. The fraction of sp³-hybridized carbons (Fsp3) is 0.364. The molecule has 27 heavy (non-hydrogen) atoms. The molecule has 0 spiro atoms. The smallest absolute Gasteiger partial charge is 0.240 e. The third-order valence-electron chi connectivity index (χ3n) is 4.75. The van der Waals surface area contributed by atoms with E-state index in [1.54, 1.807) is 0 Å². The average molecular weight is 365 g/mol. The van der Waals surface area contributed by atoms with Gasteiger partial charge < -0.3 is 14.3 Å². The zero-order valence-electron chi connectivity index (χ0n) is 16.3. The van der Waals surface area contributed by atoms with Gasteiger partial charge in [0.25, 0.3) is 0 Å². The molecule has 1 N–H and O–H groups in total. The number of hydrogen-bond donors (Lipinski definition) is 1. The Bertz CT molecular complexity index is 894. The van der Waals surface area contributed by atoms with Gasteiger partial charge in [0.15, 0.2) is 11.6 Å². The third-order valence-corrected chi connectivity index (χ3v) is 4.75. The summed E-state index contributed by atoms with van der Waals surface area (Å²) in [6.07, 6.45) is 3.28. The molecule has 3 aromatic rings. The van der Waals surface area contributed by atoms with E-state index in [-0.39, 0.29) is 12.5 Å². The molecule has 0 aliphatic rings. The number of nitrogens with zero attached hydrogens (tertiary/aromatic N) is 2. The van der Waals surface area contributed by atoms with E-state index in [4.69, 9.17) is 4.42 Å². The van der Waals surface area contributed by atoms with Gasteiger partial charge in [-0.3, -0.25) is 4.79 Å². The number of aryl methyl sites for hydroxylation is 1. The van der Waals surface area contributed by atoms with Gasteiger partial charge in [-0.15, -0.1) is 0 Å². The van der Waals surface area contributed by atoms with Gasteiger partial charge >= 0.3 is 0 Å². The largest absolute Gasteiger partial charge is 0.453 e. The van der Waals surface area contributed by atoms with Gasteiger partial charge in [0.2, 0.25) is 5.91 Å². The second-order valence-corrected chi connectivity index (χ2v) is 6.78. The minimum Gasteiger partial charge on any atom is -0.453 e. The lowest BCUT2D eigenvalue weighted by Gasteiger charge is -2.10. The summed E-state index contributed by atoms with van der Waals surface area (Å²) in [4.78, 5) is 17.0. The summed E-state index contributed by atoms with van der Waals surface area (Å²) in [7, 11) is 0. The molecular weight excluding hydrogens is 338 g/mol. The Hall–Kier alpha value is -2.82. The highest BCUT2D eigenvalue weighted by Gasteiger charge is 2.18. The van der Waals surface area contributed by atoms with Gasteiger partial charge in [0.1, 0.15) is 12.3 Å². The van der Waals surface area contributed by atoms with E-state index in [2.05, 4.69) is 17.2 Å². The minimum atomic E-state index is 0.00249. The van der Waals surface area contributed by atoms with Gasteiger partial charge in [0.05, 0.1) is 5.69 Å². The fourth-order valence-corrected chi connectivity index (χ4v) is 3.05. The maximum absolute atomic E-state index is 12.4. The number of hydrogen-bond acceptors (Lipinski definition) is 3. The number of aromatic nitrogens is 2. The molecule has 3 rings (SSSR count). The Labute approximate surface area is 160 Å². The van der Waals surface area contributed by atoms with Crippen molar-refractivity contribution >= 4 is 5.91 Å². The second kappa shape index (κ2) is 8.71. The molecule has 5 heteroatoms. The normalized spacial score (nSPS) is 10.9. The topological polar surface area (TPSA) is 60.1 Å². The Balaban J connectivity index is 1.80. The van der Waals surface area contributed by atoms with E-state index in [9.17, 15) is 4.79 Å². The molecule has 0 bridgehead atoms. The number of rotatable bonds is 8. The average Bonchev–Trinajstić information content (AvgIpc) is 3.27. The maximum Gasteiger partial charge on any atom is 0.240 e. The number of carbonyl (C=O) groups is 1. The van der Waals surface area contributed by atoms with E-state index >= 15 is 0 Å². The molecule has 0 atom stereocenters. The molecular formula is C22H27N3O2. The second-order valence-electron chi connectivity index (χ2n) is 6.78. The van der Waals surface area contributed by atoms with Crippen LogP contribution >= 0.6 is 0 Å². The highest BCUT2D eigenvalue weighted by Crippen LogP contribution is 2.29. The van der Waals surface area contributed by atoms with Crippen LogP contribution in [0.2, 0.25) is 0 Å². The lowest BCUT2D eigenvalue weighted by atomic mass is 10.2. The number of carbonyl (C=O) groups excluding carboxylic acids is 1. The van der Waals surface area contributed by atoms with Crippen molar-refractivity contribution in [2.24, 2.45) is 0 Å². The van der Waals surface area contributed by atoms with Gasteiger partial charge in [-0.05, 0) is 32.4 Å². The SMILES string of the molecule is CCCCCNC(=O)Cn1c(-c2ccc(-c3ccccc3)o2)nc(C)c1C. The van der Waals surface area contributed by atoms with E-state index < -0.39 is 0 Å². The van der Waals surface area contributed by atoms with Gasteiger partial charge in [0, 0.05) is 17.8 Å². The van der Waals surface area contributed by atoms with Crippen molar-refractivity contribution in [3.8, 4) is 22.9 Å². The molecule has 0 saturated heterocycles. The molecule has 0 aliphatic carbocycles. The first-order valence-corrected chi connectivity index (χ1v) is 9.56. The molecule has 5 nitrogen and oxygen atoms in total. The molecule has 0 saturated carbocycles. The summed E-state index contributed by atoms with van der Waals surface area (Å²) >= 11 is 0. The minimum absolute atomic E-state index is 0.00249. The van der Waals surface area contributed by atoms with Crippen molar-refractivity contribution in [3.05, 3.63) is 53.9 Å². The first kappa shape index (κ1) is 19.0. The molecule has 0 fully saturated rings. The Kier molecular flexibility index (Phi) is 6.12. The van der Waals surface area contributed by atoms with Crippen LogP contribution in [0, 0.1) is 13.8 Å². The molecule has 1 aromatic carbocycles. The molecule has 0 radical (unpaired) electrons. The van der Waals surface area contributed by atoms with E-state index in [0.717, 1.165) is 42.0 Å². The first-order valence-electron chi connectivity index (χ1n) is 9.56. The Morgan fingerprint density at radius 2 is 1.81 bits per heavy atom. The lowest BCUT2D eigenvalue weighted by molar-refractivity contribution is -0.121. The maximum atomic E-state index is 12.4. The molecule has 1 amide bonds. The molecule has 0 aliphatic heterocycles. The summed E-state index contributed by atoms with van der Waals surface area (Å²) in [5, 5.41) is 2.99. The zero-order valence-corrected chi connectivity index (χ0v) is 16.3. The molecule has 2 aromatic heterocycles. The van der Waals surface area contributed by atoms with Crippen molar-refractivity contribution in [2.45, 2.75) is 46.6 Å². The summed E-state index contributed by atoms with van der Waals surface area (Å²) < 4.78 is 7.97. The number of imidazole rings is 1. The van der Waals surface area contributed by atoms with Crippen LogP contribution < -0.4 is 5.32 Å². The van der Waals surface area contributed by atoms with Crippen LogP contribution in [0.5, 0.6) is 0 Å². The van der Waals surface area contributed by atoms with Gasteiger partial charge in [-0.2, -0.15) is 0 Å². The van der Waals surface area contributed by atoms with Crippen molar-refractivity contribution < 1.29 is 9.21 Å². The van der Waals surface area contributed by atoms with Crippen LogP contribution in [0.15, 0.2) is 46.9 Å². The quantitative estimate of drug-likeness (QED) is 0.587. The standard InChI is InChI=1S/C22H27N3O2/c1-4-5-9-14-23-21(26)15-25-17(3)16(2)24-22(25)20-13-12-19(27-20)18-10-7-6-8-11-18/h6-8,10-13H,4-5,9,14-15H2,1-3H3,(H,23,26). The third kappa shape index (κ3) is 4.48. The summed E-state index contributed by atoms with van der Waals surface area (Å²) in [6, 6.07) is 13.8. The summed E-state index contributed by atoms with van der Waals surface area (Å²) in [5.74, 6) is 2.15. The molecule has 2 heterocycles. The van der Waals surface area contributed by atoms with Crippen LogP contribution in [0.1, 0.15) is 37.6 Å². The predicted octanol–water partition coefficient (Wildman–Crippen LogP) is 4.73. The van der Waals surface area contributed by atoms with E-state index in [1.165, 1.54) is 0 Å². The molecule has 0 unspecified atom stereocenters. The van der Waals surface area contributed by atoms with Crippen LogP contribution in [0.4, 0.5) is 0 Å². The van der Waals surface area contributed by atoms with E-state index in [0.29, 0.717) is 18.1 Å². The zero-order chi connectivity index (χ0) is 19.2. The lowest BCUT2D eigenvalue weighted by Crippen LogP contribution is -2.29. The Morgan fingerprint density at radius 3 is 2.56 bits per heavy atom. The van der Waals surface area contributed by atoms with E-state index in [1.807, 2.05) is 60.9 Å². The predicted molar refractivity (Wildman–Crippen MR) is 107 cm³/mol. The van der Waals surface area contributed by atoms with Crippen LogP contribution in [0.3, 0.4) is 0 Å². The Morgan fingerprint density at radius 1 is 1.07 bits per heavy atom. The van der Waals surface area contributed by atoms with Crippen molar-refractivity contribution in [1.29, 1.82) is 0 Å². The van der Waals surface area contributed by atoms with Gasteiger partial charge in [-0.25, -0.2) is 4.98 Å². The highest BCUT2D eigenvalue weighted by atomic mass is 16.3. The number of nitrogens with one attached hydrogen (secondary N) is 1. The highest BCUT2D eigenvalue weighted by molar-refractivity contribution is 5.76. The van der Waals surface area contributed by atoms with Crippen molar-refractivity contribution in [3.63, 3.8) is 0 Å². The number of unbranched alkanes of at least 4 members (excludes halogenated alkanes) is 2. The van der Waals surface area contributed by atoms with Gasteiger partial charge in [-0.1, -0.05) is 50.1 Å². The monoisotopic (exact) mass is 365 g/mol.